The molecule has 0 saturated heterocycles. The van der Waals surface area contributed by atoms with Gasteiger partial charge in [0.25, 0.3) is 0 Å². The fraction of sp³-hybridized carbons (Fsp3) is 0.571. The first-order valence-corrected chi connectivity index (χ1v) is 9.70. The Hall–Kier alpha value is -2.02. The summed E-state index contributed by atoms with van der Waals surface area (Å²) in [4.78, 5) is 22.7. The first-order chi connectivity index (χ1) is 12.6. The molecule has 0 bridgehead atoms. The summed E-state index contributed by atoms with van der Waals surface area (Å²) in [6.45, 7) is -0.397. The maximum Gasteiger partial charge on any atom is 0.228 e. The fourth-order valence-electron chi connectivity index (χ4n) is 1.93. The van der Waals surface area contributed by atoms with E-state index in [1.807, 2.05) is 0 Å². The van der Waals surface area contributed by atoms with E-state index in [4.69, 9.17) is 10.2 Å². The van der Waals surface area contributed by atoms with Gasteiger partial charge in [-0.2, -0.15) is 0 Å². The molecule has 0 saturated carbocycles. The normalized spacial score (nSPS) is 10.7. The number of aliphatic hydroxyl groups excluding tert-OH is 2. The van der Waals surface area contributed by atoms with Crippen molar-refractivity contribution in [2.75, 3.05) is 23.8 Å². The van der Waals surface area contributed by atoms with Crippen LogP contribution in [0.5, 0.6) is 0 Å². The number of carbonyl (C=O) groups is 2. The second-order valence-electron chi connectivity index (χ2n) is 5.25. The zero-order valence-electron chi connectivity index (χ0n) is 14.0. The number of amides is 2. The van der Waals surface area contributed by atoms with Gasteiger partial charge in [0.05, 0.1) is 26.1 Å². The van der Waals surface area contributed by atoms with E-state index >= 15 is 0 Å². The van der Waals surface area contributed by atoms with Crippen LogP contribution in [0.4, 0.5) is 10.3 Å². The van der Waals surface area contributed by atoms with Crippen molar-refractivity contribution in [3.8, 4) is 0 Å². The molecule has 2 amide bonds. The number of nitrogens with zero attached hydrogens (tertiary/aromatic N) is 4. The number of hydrogen-bond acceptors (Lipinski definition) is 10. The summed E-state index contributed by atoms with van der Waals surface area (Å²) < 4.78 is 0. The molecule has 2 aromatic rings. The molecule has 0 atom stereocenters. The highest BCUT2D eigenvalue weighted by Gasteiger charge is 2.09. The van der Waals surface area contributed by atoms with Gasteiger partial charge in [0.2, 0.25) is 22.1 Å². The summed E-state index contributed by atoms with van der Waals surface area (Å²) in [5, 5.41) is 40.9. The van der Waals surface area contributed by atoms with Gasteiger partial charge in [-0.1, -0.05) is 22.7 Å². The number of rotatable bonds is 11. The van der Waals surface area contributed by atoms with Gasteiger partial charge >= 0.3 is 0 Å². The lowest BCUT2D eigenvalue weighted by molar-refractivity contribution is -0.117. The van der Waals surface area contributed by atoms with Crippen LogP contribution in [-0.4, -0.2) is 55.6 Å². The van der Waals surface area contributed by atoms with Crippen molar-refractivity contribution in [1.29, 1.82) is 0 Å². The topological polar surface area (TPSA) is 150 Å². The largest absolute Gasteiger partial charge is 0.396 e. The van der Waals surface area contributed by atoms with E-state index < -0.39 is 0 Å². The molecule has 2 heterocycles. The van der Waals surface area contributed by atoms with Crippen LogP contribution in [0, 0.1) is 0 Å². The average Bonchev–Trinajstić information content (AvgIpc) is 3.21. The Morgan fingerprint density at radius 2 is 1.19 bits per heavy atom. The molecule has 2 rings (SSSR count). The molecule has 0 aliphatic carbocycles. The molecule has 0 aliphatic heterocycles. The number of anilines is 2. The molecule has 4 N–H and O–H groups in total. The van der Waals surface area contributed by atoms with Crippen LogP contribution in [-0.2, 0) is 22.4 Å². The van der Waals surface area contributed by atoms with Crippen molar-refractivity contribution < 1.29 is 19.8 Å². The molecular formula is C14H20N6O4S2. The SMILES string of the molecule is O=C(CCO)Nc1nnc(CCCCc2nnc(NC(=O)CCO)s2)s1. The summed E-state index contributed by atoms with van der Waals surface area (Å²) in [7, 11) is 0. The Balaban J connectivity index is 1.67. The van der Waals surface area contributed by atoms with E-state index in [-0.39, 0.29) is 37.9 Å². The van der Waals surface area contributed by atoms with E-state index in [1.165, 1.54) is 22.7 Å². The minimum absolute atomic E-state index is 0.0409. The first kappa shape index (κ1) is 20.3. The monoisotopic (exact) mass is 400 g/mol. The van der Waals surface area contributed by atoms with Crippen LogP contribution in [0.3, 0.4) is 0 Å². The lowest BCUT2D eigenvalue weighted by Gasteiger charge is -1.97. The molecule has 0 aromatic carbocycles. The molecule has 0 aliphatic rings. The second kappa shape index (κ2) is 10.9. The van der Waals surface area contributed by atoms with Crippen molar-refractivity contribution >= 4 is 44.8 Å². The summed E-state index contributed by atoms with van der Waals surface area (Å²) >= 11 is 2.64. The number of aliphatic hydroxyl groups is 2. The summed E-state index contributed by atoms with van der Waals surface area (Å²) in [5.74, 6) is -0.568. The van der Waals surface area contributed by atoms with E-state index in [1.54, 1.807) is 0 Å². The zero-order valence-corrected chi connectivity index (χ0v) is 15.6. The lowest BCUT2D eigenvalue weighted by Crippen LogP contribution is -2.12. The molecular weight excluding hydrogens is 380 g/mol. The average molecular weight is 400 g/mol. The van der Waals surface area contributed by atoms with Gasteiger partial charge < -0.3 is 20.8 Å². The number of nitrogens with one attached hydrogen (secondary N) is 2. The molecule has 26 heavy (non-hydrogen) atoms. The third-order valence-electron chi connectivity index (χ3n) is 3.14. The number of aromatic nitrogens is 4. The quantitative estimate of drug-likeness (QED) is 0.400. The third-order valence-corrected chi connectivity index (χ3v) is 4.93. The van der Waals surface area contributed by atoms with Crippen LogP contribution in [0.1, 0.15) is 35.7 Å². The second-order valence-corrected chi connectivity index (χ2v) is 7.38. The summed E-state index contributed by atoms with van der Waals surface area (Å²) in [5.41, 5.74) is 0. The highest BCUT2D eigenvalue weighted by Crippen LogP contribution is 2.20. The van der Waals surface area contributed by atoms with Crippen molar-refractivity contribution in [3.63, 3.8) is 0 Å². The minimum atomic E-state index is -0.284. The fourth-order valence-corrected chi connectivity index (χ4v) is 3.52. The lowest BCUT2D eigenvalue weighted by atomic mass is 10.2. The van der Waals surface area contributed by atoms with Crippen molar-refractivity contribution in [2.24, 2.45) is 0 Å². The predicted octanol–water partition coefficient (Wildman–Crippen LogP) is 0.597. The standard InChI is InChI=1S/C14H20N6O4S2/c21-7-5-9(23)15-13-19-17-11(25-13)3-1-2-4-12-18-20-14(26-12)16-10(24)6-8-22/h21-22H,1-8H2,(H,15,19,23)(H,16,20,24). The highest BCUT2D eigenvalue weighted by molar-refractivity contribution is 7.15. The Morgan fingerprint density at radius 3 is 1.58 bits per heavy atom. The number of hydrogen-bond donors (Lipinski definition) is 4. The maximum absolute atomic E-state index is 11.4. The highest BCUT2D eigenvalue weighted by atomic mass is 32.1. The molecule has 2 aromatic heterocycles. The van der Waals surface area contributed by atoms with Crippen molar-refractivity contribution in [2.45, 2.75) is 38.5 Å². The minimum Gasteiger partial charge on any atom is -0.396 e. The third kappa shape index (κ3) is 7.07. The maximum atomic E-state index is 11.4. The van der Waals surface area contributed by atoms with Crippen LogP contribution < -0.4 is 10.6 Å². The van der Waals surface area contributed by atoms with E-state index in [9.17, 15) is 9.59 Å². The van der Waals surface area contributed by atoms with Gasteiger partial charge in [-0.15, -0.1) is 20.4 Å². The van der Waals surface area contributed by atoms with Crippen molar-refractivity contribution in [1.82, 2.24) is 20.4 Å². The smallest absolute Gasteiger partial charge is 0.228 e. The van der Waals surface area contributed by atoms with Crippen LogP contribution in [0.2, 0.25) is 0 Å². The van der Waals surface area contributed by atoms with Gasteiger partial charge in [-0.3, -0.25) is 9.59 Å². The summed E-state index contributed by atoms with van der Waals surface area (Å²) in [6.07, 6.45) is 3.33. The zero-order chi connectivity index (χ0) is 18.8. The predicted molar refractivity (Wildman–Crippen MR) is 97.1 cm³/mol. The van der Waals surface area contributed by atoms with E-state index in [0.717, 1.165) is 35.7 Å². The number of unbranched alkanes of at least 4 members (excludes halogenated alkanes) is 1. The molecule has 0 radical (unpaired) electrons. The first-order valence-electron chi connectivity index (χ1n) is 8.07. The van der Waals surface area contributed by atoms with Gasteiger partial charge in [-0.25, -0.2) is 0 Å². The Morgan fingerprint density at radius 1 is 0.769 bits per heavy atom. The molecule has 12 heteroatoms. The molecule has 0 fully saturated rings. The molecule has 142 valence electrons. The van der Waals surface area contributed by atoms with Gasteiger partial charge in [-0.05, 0) is 12.8 Å². The Kier molecular flexibility index (Phi) is 8.47. The van der Waals surface area contributed by atoms with Crippen molar-refractivity contribution in [3.05, 3.63) is 10.0 Å². The van der Waals surface area contributed by atoms with Gasteiger partial charge in [0, 0.05) is 12.8 Å². The summed E-state index contributed by atoms with van der Waals surface area (Å²) in [6, 6.07) is 0. The molecule has 0 unspecified atom stereocenters. The molecule has 0 spiro atoms. The Labute approximate surface area is 157 Å². The Bertz CT molecular complexity index is 660. The van der Waals surface area contributed by atoms with Crippen LogP contribution in [0.15, 0.2) is 0 Å². The molecule has 10 nitrogen and oxygen atoms in total. The van der Waals surface area contributed by atoms with Crippen LogP contribution in [0.25, 0.3) is 0 Å². The van der Waals surface area contributed by atoms with E-state index in [2.05, 4.69) is 31.0 Å². The van der Waals surface area contributed by atoms with E-state index in [0.29, 0.717) is 10.3 Å². The number of aryl methyl sites for hydroxylation is 2. The number of carbonyl (C=O) groups excluding carboxylic acids is 2. The van der Waals surface area contributed by atoms with Gasteiger partial charge in [0.1, 0.15) is 10.0 Å². The van der Waals surface area contributed by atoms with Crippen LogP contribution >= 0.6 is 22.7 Å². The van der Waals surface area contributed by atoms with Gasteiger partial charge in [0.15, 0.2) is 0 Å².